The van der Waals surface area contributed by atoms with Crippen molar-refractivity contribution in [2.24, 2.45) is 0 Å². The molecule has 1 aromatic heterocycles. The van der Waals surface area contributed by atoms with Crippen LogP contribution in [-0.2, 0) is 25.7 Å². The highest BCUT2D eigenvalue weighted by Crippen LogP contribution is 2.32. The number of amides is 5. The Balaban J connectivity index is 0.821. The third kappa shape index (κ3) is 8.26. The lowest BCUT2D eigenvalue weighted by Gasteiger charge is -2.27. The van der Waals surface area contributed by atoms with Gasteiger partial charge in [-0.2, -0.15) is 0 Å². The van der Waals surface area contributed by atoms with Crippen molar-refractivity contribution in [3.05, 3.63) is 95.2 Å². The Bertz CT molecular complexity index is 2000. The maximum Gasteiger partial charge on any atom is 0.275 e. The molecule has 0 aliphatic carbocycles. The number of carbonyl (C=O) groups excluding carboxylic acids is 5. The van der Waals surface area contributed by atoms with E-state index in [2.05, 4.69) is 50.3 Å². The van der Waals surface area contributed by atoms with Crippen LogP contribution in [0, 0.1) is 0 Å². The Morgan fingerprint density at radius 2 is 1.68 bits per heavy atom. The summed E-state index contributed by atoms with van der Waals surface area (Å²) in [5.41, 5.74) is 7.37. The van der Waals surface area contributed by atoms with Crippen molar-refractivity contribution in [2.45, 2.75) is 76.7 Å². The molecule has 0 saturated carbocycles. The Hall–Kier alpha value is -5.53. The summed E-state index contributed by atoms with van der Waals surface area (Å²) < 4.78 is 7.66. The van der Waals surface area contributed by atoms with Crippen LogP contribution in [-0.4, -0.2) is 71.0 Å². The van der Waals surface area contributed by atoms with E-state index in [0.717, 1.165) is 78.5 Å². The first-order valence-corrected chi connectivity index (χ1v) is 18.4. The first-order chi connectivity index (χ1) is 25.9. The molecule has 53 heavy (non-hydrogen) atoms. The van der Waals surface area contributed by atoms with E-state index < -0.39 is 36.0 Å². The molecule has 0 bridgehead atoms. The average Bonchev–Trinajstić information content (AvgIpc) is 3.69. The smallest absolute Gasteiger partial charge is 0.275 e. The van der Waals surface area contributed by atoms with E-state index >= 15 is 0 Å². The highest BCUT2D eigenvalue weighted by Gasteiger charge is 2.45. The number of aromatic nitrogens is 1. The molecule has 3 aliphatic heterocycles. The predicted octanol–water partition coefficient (Wildman–Crippen LogP) is 5.36. The molecule has 5 amide bonds. The molecular weight excluding hydrogens is 676 g/mol. The van der Waals surface area contributed by atoms with Gasteiger partial charge in [-0.1, -0.05) is 37.1 Å². The number of hydrogen-bond donors (Lipinski definition) is 4. The van der Waals surface area contributed by atoms with Crippen LogP contribution in [0.2, 0.25) is 0 Å². The second-order valence-corrected chi connectivity index (χ2v) is 13.7. The molecule has 13 heteroatoms. The number of carbonyl (C=O) groups is 5. The minimum Gasteiger partial charge on any atom is -0.385 e. The monoisotopic (exact) mass is 720 g/mol. The summed E-state index contributed by atoms with van der Waals surface area (Å²) in [7, 11) is 0. The minimum absolute atomic E-state index is 0.0864. The van der Waals surface area contributed by atoms with Gasteiger partial charge in [0.25, 0.3) is 17.7 Å². The van der Waals surface area contributed by atoms with Crippen LogP contribution in [0.25, 0.3) is 10.9 Å². The standard InChI is InChI=1S/C40H44N6O7/c47-34-18-17-32(38(49)43-34)46-39(50)30-8-7-9-31(36(30)40(46)51)42-21-5-2-1-4-20-41-29-15-11-26(12-16-29)25-45-22-19-27-13-14-28(24-33(27)45)37(48)44-53-35-10-3-6-23-52-35/h7-9,11-16,19,22,24,32,35,41-42H,1-6,10,17-18,20-21,23,25H2,(H,44,48)(H,43,47,49). The lowest BCUT2D eigenvalue weighted by molar-refractivity contribution is -0.186. The van der Waals surface area contributed by atoms with Crippen molar-refractivity contribution in [2.75, 3.05) is 30.3 Å². The van der Waals surface area contributed by atoms with E-state index in [9.17, 15) is 24.0 Å². The summed E-state index contributed by atoms with van der Waals surface area (Å²) in [6.07, 6.45) is 8.56. The molecule has 2 fully saturated rings. The lowest BCUT2D eigenvalue weighted by Crippen LogP contribution is -2.54. The molecule has 276 valence electrons. The Labute approximate surface area is 307 Å². The quantitative estimate of drug-likeness (QED) is 0.0720. The molecule has 2 unspecified atom stereocenters. The molecule has 4 aromatic rings. The van der Waals surface area contributed by atoms with Crippen molar-refractivity contribution in [3.63, 3.8) is 0 Å². The van der Waals surface area contributed by atoms with Crippen LogP contribution in [0.5, 0.6) is 0 Å². The second-order valence-electron chi connectivity index (χ2n) is 13.7. The number of rotatable bonds is 15. The molecule has 3 aromatic carbocycles. The first kappa shape index (κ1) is 35.9. The highest BCUT2D eigenvalue weighted by molar-refractivity contribution is 6.25. The zero-order valence-corrected chi connectivity index (χ0v) is 29.5. The molecule has 7 rings (SSSR count). The van der Waals surface area contributed by atoms with E-state index in [1.54, 1.807) is 24.3 Å². The number of piperidine rings is 1. The summed E-state index contributed by atoms with van der Waals surface area (Å²) in [6.45, 7) is 2.80. The molecular formula is C40H44N6O7. The van der Waals surface area contributed by atoms with Gasteiger partial charge in [-0.3, -0.25) is 34.2 Å². The minimum atomic E-state index is -0.982. The van der Waals surface area contributed by atoms with Crippen LogP contribution in [0.4, 0.5) is 11.4 Å². The number of nitrogens with one attached hydrogen (secondary N) is 4. The van der Waals surface area contributed by atoms with Crippen molar-refractivity contribution < 1.29 is 33.5 Å². The van der Waals surface area contributed by atoms with Gasteiger partial charge < -0.3 is 19.9 Å². The molecule has 3 aliphatic rings. The topological polar surface area (TPSA) is 160 Å². The number of benzene rings is 3. The van der Waals surface area contributed by atoms with Gasteiger partial charge in [-0.15, -0.1) is 0 Å². The molecule has 0 radical (unpaired) electrons. The maximum atomic E-state index is 13.3. The van der Waals surface area contributed by atoms with Crippen molar-refractivity contribution in [3.8, 4) is 0 Å². The fourth-order valence-corrected chi connectivity index (χ4v) is 7.09. The number of unbranched alkanes of at least 4 members (excludes halogenated alkanes) is 3. The number of ether oxygens (including phenoxy) is 1. The number of anilines is 2. The van der Waals surface area contributed by atoms with E-state index in [-0.39, 0.29) is 29.9 Å². The average molecular weight is 721 g/mol. The first-order valence-electron chi connectivity index (χ1n) is 18.4. The lowest BCUT2D eigenvalue weighted by atomic mass is 10.0. The van der Waals surface area contributed by atoms with Crippen molar-refractivity contribution in [1.29, 1.82) is 0 Å². The third-order valence-electron chi connectivity index (χ3n) is 9.98. The Morgan fingerprint density at radius 3 is 2.45 bits per heavy atom. The van der Waals surface area contributed by atoms with Gasteiger partial charge in [-0.25, -0.2) is 10.3 Å². The summed E-state index contributed by atoms with van der Waals surface area (Å²) in [5, 5.41) is 10.1. The van der Waals surface area contributed by atoms with Gasteiger partial charge in [0.1, 0.15) is 6.04 Å². The summed E-state index contributed by atoms with van der Waals surface area (Å²) >= 11 is 0. The Kier molecular flexibility index (Phi) is 11.1. The zero-order chi connectivity index (χ0) is 36.7. The second kappa shape index (κ2) is 16.4. The zero-order valence-electron chi connectivity index (χ0n) is 29.5. The van der Waals surface area contributed by atoms with Crippen LogP contribution in [0.15, 0.2) is 72.9 Å². The highest BCUT2D eigenvalue weighted by atomic mass is 16.8. The number of fused-ring (bicyclic) bond motifs is 2. The van der Waals surface area contributed by atoms with Crippen LogP contribution in [0.1, 0.15) is 94.4 Å². The van der Waals surface area contributed by atoms with Crippen molar-refractivity contribution in [1.82, 2.24) is 20.3 Å². The fraction of sp³-hybridized carbons (Fsp3) is 0.375. The number of nitrogens with zero attached hydrogens (tertiary/aromatic N) is 2. The number of hydroxylamine groups is 1. The predicted molar refractivity (Wildman–Crippen MR) is 198 cm³/mol. The van der Waals surface area contributed by atoms with Gasteiger partial charge in [0.2, 0.25) is 11.8 Å². The van der Waals surface area contributed by atoms with Crippen molar-refractivity contribution >= 4 is 51.8 Å². The normalized spacial score (nSPS) is 18.6. The SMILES string of the molecule is O=C1CCC(N2C(=O)c3cccc(NCCCCCCNc4ccc(Cn5ccc6ccc(C(=O)NOC7CCCCO7)cc65)cc4)c3C2=O)C(=O)N1. The van der Waals surface area contributed by atoms with Gasteiger partial charge in [-0.05, 0) is 85.5 Å². The summed E-state index contributed by atoms with van der Waals surface area (Å²) in [4.78, 5) is 69.5. The van der Waals surface area contributed by atoms with Crippen LogP contribution < -0.4 is 21.4 Å². The van der Waals surface area contributed by atoms with Gasteiger partial charge in [0, 0.05) is 67.7 Å². The van der Waals surface area contributed by atoms with Gasteiger partial charge >= 0.3 is 0 Å². The molecule has 2 saturated heterocycles. The maximum absolute atomic E-state index is 13.3. The van der Waals surface area contributed by atoms with Crippen LogP contribution in [0.3, 0.4) is 0 Å². The number of imide groups is 2. The third-order valence-corrected chi connectivity index (χ3v) is 9.98. The van der Waals surface area contributed by atoms with Crippen LogP contribution >= 0.6 is 0 Å². The summed E-state index contributed by atoms with van der Waals surface area (Å²) in [5.74, 6) is -2.32. The van der Waals surface area contributed by atoms with E-state index in [4.69, 9.17) is 9.57 Å². The molecule has 0 spiro atoms. The van der Waals surface area contributed by atoms with E-state index in [1.165, 1.54) is 0 Å². The molecule has 13 nitrogen and oxygen atoms in total. The Morgan fingerprint density at radius 1 is 0.868 bits per heavy atom. The van der Waals surface area contributed by atoms with E-state index in [0.29, 0.717) is 30.9 Å². The fourth-order valence-electron chi connectivity index (χ4n) is 7.09. The largest absolute Gasteiger partial charge is 0.385 e. The van der Waals surface area contributed by atoms with E-state index in [1.807, 2.05) is 24.4 Å². The molecule has 2 atom stereocenters. The molecule has 4 heterocycles. The van der Waals surface area contributed by atoms with Gasteiger partial charge in [0.15, 0.2) is 6.29 Å². The number of hydrogen-bond acceptors (Lipinski definition) is 9. The molecule has 4 N–H and O–H groups in total. The summed E-state index contributed by atoms with van der Waals surface area (Å²) in [6, 6.07) is 20.2. The van der Waals surface area contributed by atoms with Gasteiger partial charge in [0.05, 0.1) is 11.1 Å².